The highest BCUT2D eigenvalue weighted by Gasteiger charge is 2.42. The number of carbonyl (C=O) groups is 1. The maximum Gasteiger partial charge on any atom is 0.176 e. The molecule has 2 aliphatic carbocycles. The number of nitriles is 1. The molecule has 3 atom stereocenters. The second-order valence-corrected chi connectivity index (χ2v) is 7.91. The molecule has 3 unspecified atom stereocenters. The Bertz CT molecular complexity index is 1200. The summed E-state index contributed by atoms with van der Waals surface area (Å²) in [6.45, 7) is 1.91. The molecule has 0 saturated carbocycles. The summed E-state index contributed by atoms with van der Waals surface area (Å²) in [6, 6.07) is 12.3. The molecule has 2 heterocycles. The molecule has 6 heteroatoms. The van der Waals surface area contributed by atoms with E-state index in [0.29, 0.717) is 0 Å². The van der Waals surface area contributed by atoms with Crippen LogP contribution in [0.3, 0.4) is 0 Å². The number of halogens is 1. The molecular formula is C24H19FN4O. The topological polar surface area (TPSA) is 71.6 Å². The van der Waals surface area contributed by atoms with Gasteiger partial charge in [-0.05, 0) is 55.2 Å². The smallest absolute Gasteiger partial charge is 0.176 e. The Morgan fingerprint density at radius 3 is 2.60 bits per heavy atom. The molecule has 2 aliphatic rings. The molecule has 1 aromatic carbocycles. The van der Waals surface area contributed by atoms with Crippen LogP contribution in [0.25, 0.3) is 16.9 Å². The average Bonchev–Trinajstić information content (AvgIpc) is 3.17. The summed E-state index contributed by atoms with van der Waals surface area (Å²) in [5.74, 6) is -0.524. The van der Waals surface area contributed by atoms with Crippen LogP contribution in [-0.4, -0.2) is 20.5 Å². The maximum absolute atomic E-state index is 13.6. The number of hydrogen-bond donors (Lipinski definition) is 0. The van der Waals surface area contributed by atoms with Gasteiger partial charge in [-0.1, -0.05) is 13.0 Å². The Labute approximate surface area is 173 Å². The minimum Gasteiger partial charge on any atom is -0.293 e. The number of hydrogen-bond acceptors (Lipinski definition) is 4. The summed E-state index contributed by atoms with van der Waals surface area (Å²) >= 11 is 0. The van der Waals surface area contributed by atoms with Crippen LogP contribution in [-0.2, 0) is 11.2 Å². The van der Waals surface area contributed by atoms with Crippen molar-refractivity contribution in [1.82, 2.24) is 14.8 Å². The number of ketones is 1. The van der Waals surface area contributed by atoms with Gasteiger partial charge in [0.25, 0.3) is 0 Å². The molecule has 148 valence electrons. The predicted octanol–water partition coefficient (Wildman–Crippen LogP) is 4.39. The Kier molecular flexibility index (Phi) is 4.32. The summed E-state index contributed by atoms with van der Waals surface area (Å²) in [5, 5.41) is 14.4. The molecule has 5 nitrogen and oxygen atoms in total. The third kappa shape index (κ3) is 2.78. The first-order valence-electron chi connectivity index (χ1n) is 10.0. The molecule has 0 fully saturated rings. The highest BCUT2D eigenvalue weighted by Crippen LogP contribution is 2.47. The lowest BCUT2D eigenvalue weighted by atomic mass is 9.66. The first kappa shape index (κ1) is 18.4. The van der Waals surface area contributed by atoms with Gasteiger partial charge in [0.1, 0.15) is 11.9 Å². The lowest BCUT2D eigenvalue weighted by Gasteiger charge is -2.36. The lowest BCUT2D eigenvalue weighted by molar-refractivity contribution is -0.120. The second kappa shape index (κ2) is 7.03. The number of pyridine rings is 1. The molecule has 0 amide bonds. The van der Waals surface area contributed by atoms with E-state index in [1.807, 2.05) is 23.7 Å². The van der Waals surface area contributed by atoms with Gasteiger partial charge in [-0.3, -0.25) is 9.78 Å². The van der Waals surface area contributed by atoms with Crippen LogP contribution in [0.1, 0.15) is 30.5 Å². The molecule has 5 rings (SSSR count). The van der Waals surface area contributed by atoms with Crippen LogP contribution < -0.4 is 0 Å². The van der Waals surface area contributed by atoms with Crippen molar-refractivity contribution in [2.45, 2.75) is 25.7 Å². The average molecular weight is 398 g/mol. The van der Waals surface area contributed by atoms with Crippen molar-refractivity contribution in [1.29, 1.82) is 5.26 Å². The number of nitrogens with zero attached hydrogens (tertiary/aromatic N) is 4. The number of Topliss-reactive ketones (excluding diaryl/α,β-unsaturated/α-hetero) is 1. The van der Waals surface area contributed by atoms with Gasteiger partial charge in [0.15, 0.2) is 5.78 Å². The van der Waals surface area contributed by atoms with Gasteiger partial charge in [-0.2, -0.15) is 10.4 Å². The number of benzene rings is 1. The Hall–Kier alpha value is -3.59. The summed E-state index contributed by atoms with van der Waals surface area (Å²) in [7, 11) is 0. The molecule has 0 radical (unpaired) electrons. The Balaban J connectivity index is 1.75. The van der Waals surface area contributed by atoms with Crippen molar-refractivity contribution < 1.29 is 9.18 Å². The minimum atomic E-state index is -0.288. The summed E-state index contributed by atoms with van der Waals surface area (Å²) < 4.78 is 15.5. The SMILES string of the molecule is CC1C(=O)C(C#N)=CC2c3nn(-c4ccncc4)c(-c4ccc(F)cc4)c3CCC12. The van der Waals surface area contributed by atoms with E-state index in [4.69, 9.17) is 5.10 Å². The van der Waals surface area contributed by atoms with Crippen LogP contribution in [0.15, 0.2) is 60.4 Å². The third-order valence-corrected chi connectivity index (χ3v) is 6.33. The number of carbonyl (C=O) groups excluding carboxylic acids is 1. The second-order valence-electron chi connectivity index (χ2n) is 7.91. The fraction of sp³-hybridized carbons (Fsp3) is 0.250. The van der Waals surface area contributed by atoms with E-state index in [1.165, 1.54) is 12.1 Å². The molecule has 0 aliphatic heterocycles. The van der Waals surface area contributed by atoms with Crippen LogP contribution in [0.4, 0.5) is 4.39 Å². The summed E-state index contributed by atoms with van der Waals surface area (Å²) in [5.41, 5.74) is 4.87. The van der Waals surface area contributed by atoms with E-state index in [0.717, 1.165) is 41.0 Å². The number of allylic oxidation sites excluding steroid dienone is 2. The van der Waals surface area contributed by atoms with E-state index < -0.39 is 0 Å². The highest BCUT2D eigenvalue weighted by molar-refractivity contribution is 6.01. The monoisotopic (exact) mass is 398 g/mol. The van der Waals surface area contributed by atoms with Gasteiger partial charge < -0.3 is 0 Å². The summed E-state index contributed by atoms with van der Waals surface area (Å²) in [4.78, 5) is 16.6. The number of rotatable bonds is 2. The van der Waals surface area contributed by atoms with Crippen molar-refractivity contribution in [3.05, 3.63) is 77.5 Å². The molecule has 2 aromatic heterocycles. The maximum atomic E-state index is 13.6. The van der Waals surface area contributed by atoms with Gasteiger partial charge in [-0.15, -0.1) is 0 Å². The fourth-order valence-electron chi connectivity index (χ4n) is 4.81. The van der Waals surface area contributed by atoms with Crippen LogP contribution in [0.5, 0.6) is 0 Å². The Morgan fingerprint density at radius 1 is 1.17 bits per heavy atom. The zero-order chi connectivity index (χ0) is 20.8. The van der Waals surface area contributed by atoms with Crippen LogP contribution >= 0.6 is 0 Å². The molecule has 0 spiro atoms. The Morgan fingerprint density at radius 2 is 1.90 bits per heavy atom. The van der Waals surface area contributed by atoms with Crippen molar-refractivity contribution in [2.24, 2.45) is 11.8 Å². The first-order chi connectivity index (χ1) is 14.6. The molecular weight excluding hydrogens is 379 g/mol. The van der Waals surface area contributed by atoms with Crippen molar-refractivity contribution >= 4 is 5.78 Å². The van der Waals surface area contributed by atoms with Gasteiger partial charge in [0, 0.05) is 35.4 Å². The zero-order valence-electron chi connectivity index (χ0n) is 16.4. The van der Waals surface area contributed by atoms with Gasteiger partial charge in [0.2, 0.25) is 0 Å². The normalized spacial score (nSPS) is 22.6. The van der Waals surface area contributed by atoms with Crippen LogP contribution in [0.2, 0.25) is 0 Å². The van der Waals surface area contributed by atoms with Crippen molar-refractivity contribution in [3.8, 4) is 23.0 Å². The van der Waals surface area contributed by atoms with Gasteiger partial charge >= 0.3 is 0 Å². The van der Waals surface area contributed by atoms with E-state index in [1.54, 1.807) is 30.6 Å². The molecule has 0 bridgehead atoms. The van der Waals surface area contributed by atoms with Gasteiger partial charge in [-0.25, -0.2) is 9.07 Å². The molecule has 3 aromatic rings. The standard InChI is InChI=1S/C24H19FN4O/c1-14-19-6-7-20-22(21(19)12-16(13-26)24(14)30)28-29(18-8-10-27-11-9-18)23(20)15-2-4-17(25)5-3-15/h2-5,8-12,14,19,21H,6-7H2,1H3. The number of aromatic nitrogens is 3. The number of fused-ring (bicyclic) bond motifs is 3. The fourth-order valence-corrected chi connectivity index (χ4v) is 4.81. The van der Waals surface area contributed by atoms with E-state index in [2.05, 4.69) is 11.1 Å². The van der Waals surface area contributed by atoms with Crippen molar-refractivity contribution in [2.75, 3.05) is 0 Å². The van der Waals surface area contributed by atoms with Gasteiger partial charge in [0.05, 0.1) is 22.6 Å². The summed E-state index contributed by atoms with van der Waals surface area (Å²) in [6.07, 6.45) is 6.84. The highest BCUT2D eigenvalue weighted by atomic mass is 19.1. The van der Waals surface area contributed by atoms with E-state index in [-0.39, 0.29) is 34.9 Å². The largest absolute Gasteiger partial charge is 0.293 e. The first-order valence-corrected chi connectivity index (χ1v) is 10.0. The quantitative estimate of drug-likeness (QED) is 0.642. The van der Waals surface area contributed by atoms with Crippen molar-refractivity contribution in [3.63, 3.8) is 0 Å². The third-order valence-electron chi connectivity index (χ3n) is 6.33. The molecule has 0 saturated heterocycles. The molecule has 30 heavy (non-hydrogen) atoms. The predicted molar refractivity (Wildman–Crippen MR) is 109 cm³/mol. The van der Waals surface area contributed by atoms with E-state index >= 15 is 0 Å². The van der Waals surface area contributed by atoms with Crippen LogP contribution in [0, 0.1) is 29.0 Å². The van der Waals surface area contributed by atoms with E-state index in [9.17, 15) is 14.4 Å². The minimum absolute atomic E-state index is 0.0745. The molecule has 0 N–H and O–H groups in total. The zero-order valence-corrected chi connectivity index (χ0v) is 16.4. The lowest BCUT2D eigenvalue weighted by Crippen LogP contribution is -2.34.